The van der Waals surface area contributed by atoms with Crippen LogP contribution in [0.2, 0.25) is 0 Å². The Bertz CT molecular complexity index is 363. The Morgan fingerprint density at radius 2 is 1.87 bits per heavy atom. The van der Waals surface area contributed by atoms with Crippen LogP contribution in [0.1, 0.15) is 19.4 Å². The van der Waals surface area contributed by atoms with E-state index in [-0.39, 0.29) is 11.9 Å². The molecule has 0 aliphatic heterocycles. The monoisotopic (exact) mass is 206 g/mol. The fourth-order valence-corrected chi connectivity index (χ4v) is 1.07. The quantitative estimate of drug-likeness (QED) is 0.610. The van der Waals surface area contributed by atoms with Gasteiger partial charge < -0.3 is 9.84 Å². The standard InChI is InChI=1S/C12H14O3/c1-8(2)15-12(14)9(3)10-4-6-11(13)7-5-10/h4-8,13H,3H2,1-2H3. The minimum atomic E-state index is -0.435. The van der Waals surface area contributed by atoms with Crippen LogP contribution >= 0.6 is 0 Å². The second-order valence-electron chi connectivity index (χ2n) is 3.48. The predicted molar refractivity (Wildman–Crippen MR) is 58.4 cm³/mol. The number of esters is 1. The number of hydrogen-bond acceptors (Lipinski definition) is 3. The van der Waals surface area contributed by atoms with E-state index in [0.717, 1.165) is 0 Å². The Balaban J connectivity index is 2.76. The maximum absolute atomic E-state index is 11.5. The van der Waals surface area contributed by atoms with E-state index in [2.05, 4.69) is 6.58 Å². The Morgan fingerprint density at radius 3 is 2.33 bits per heavy atom. The summed E-state index contributed by atoms with van der Waals surface area (Å²) in [6, 6.07) is 6.25. The average molecular weight is 206 g/mol. The van der Waals surface area contributed by atoms with Crippen molar-refractivity contribution >= 4 is 11.5 Å². The molecule has 15 heavy (non-hydrogen) atoms. The first-order chi connectivity index (χ1) is 7.00. The molecule has 0 heterocycles. The first-order valence-electron chi connectivity index (χ1n) is 4.70. The zero-order valence-electron chi connectivity index (χ0n) is 8.86. The van der Waals surface area contributed by atoms with Crippen LogP contribution in [0.25, 0.3) is 5.57 Å². The van der Waals surface area contributed by atoms with Crippen molar-refractivity contribution in [3.8, 4) is 5.75 Å². The lowest BCUT2D eigenvalue weighted by molar-refractivity contribution is -0.140. The smallest absolute Gasteiger partial charge is 0.338 e. The van der Waals surface area contributed by atoms with E-state index < -0.39 is 5.97 Å². The second kappa shape index (κ2) is 4.64. The van der Waals surface area contributed by atoms with Gasteiger partial charge in [-0.25, -0.2) is 4.79 Å². The third-order valence-corrected chi connectivity index (χ3v) is 1.80. The van der Waals surface area contributed by atoms with Crippen LogP contribution in [0.3, 0.4) is 0 Å². The summed E-state index contributed by atoms with van der Waals surface area (Å²) in [5.74, 6) is -0.278. The van der Waals surface area contributed by atoms with Gasteiger partial charge in [-0.15, -0.1) is 0 Å². The maximum atomic E-state index is 11.5. The van der Waals surface area contributed by atoms with E-state index in [9.17, 15) is 4.79 Å². The summed E-state index contributed by atoms with van der Waals surface area (Å²) in [5.41, 5.74) is 0.946. The normalized spacial score (nSPS) is 10.1. The SMILES string of the molecule is C=C(C(=O)OC(C)C)c1ccc(O)cc1. The molecular formula is C12H14O3. The van der Waals surface area contributed by atoms with Gasteiger partial charge in [0.05, 0.1) is 11.7 Å². The van der Waals surface area contributed by atoms with Crippen LogP contribution in [0.5, 0.6) is 5.75 Å². The van der Waals surface area contributed by atoms with Crippen LogP contribution in [-0.4, -0.2) is 17.2 Å². The molecule has 80 valence electrons. The summed E-state index contributed by atoms with van der Waals surface area (Å²) < 4.78 is 5.00. The number of hydrogen-bond donors (Lipinski definition) is 1. The van der Waals surface area contributed by atoms with E-state index in [4.69, 9.17) is 9.84 Å². The van der Waals surface area contributed by atoms with Crippen molar-refractivity contribution in [1.82, 2.24) is 0 Å². The summed E-state index contributed by atoms with van der Waals surface area (Å²) in [7, 11) is 0. The minimum Gasteiger partial charge on any atom is -0.508 e. The average Bonchev–Trinajstić information content (AvgIpc) is 2.17. The van der Waals surface area contributed by atoms with E-state index >= 15 is 0 Å². The largest absolute Gasteiger partial charge is 0.508 e. The van der Waals surface area contributed by atoms with E-state index in [0.29, 0.717) is 11.1 Å². The Labute approximate surface area is 89.0 Å². The number of ether oxygens (including phenoxy) is 1. The van der Waals surface area contributed by atoms with Gasteiger partial charge in [0.2, 0.25) is 0 Å². The van der Waals surface area contributed by atoms with Crippen molar-refractivity contribution in [2.75, 3.05) is 0 Å². The van der Waals surface area contributed by atoms with Gasteiger partial charge in [-0.3, -0.25) is 0 Å². The number of phenols is 1. The van der Waals surface area contributed by atoms with Gasteiger partial charge in [-0.1, -0.05) is 18.7 Å². The molecule has 0 aromatic heterocycles. The highest BCUT2D eigenvalue weighted by molar-refractivity contribution is 6.15. The van der Waals surface area contributed by atoms with Crippen molar-refractivity contribution in [3.63, 3.8) is 0 Å². The van der Waals surface area contributed by atoms with Crippen LogP contribution in [0, 0.1) is 0 Å². The molecule has 1 rings (SSSR count). The minimum absolute atomic E-state index is 0.156. The zero-order valence-corrected chi connectivity index (χ0v) is 8.86. The van der Waals surface area contributed by atoms with Crippen molar-refractivity contribution in [2.24, 2.45) is 0 Å². The lowest BCUT2D eigenvalue weighted by Gasteiger charge is -2.09. The highest BCUT2D eigenvalue weighted by Gasteiger charge is 2.12. The van der Waals surface area contributed by atoms with Crippen molar-refractivity contribution in [2.45, 2.75) is 20.0 Å². The maximum Gasteiger partial charge on any atom is 0.338 e. The number of aromatic hydroxyl groups is 1. The Kier molecular flexibility index (Phi) is 3.50. The van der Waals surface area contributed by atoms with Crippen molar-refractivity contribution in [3.05, 3.63) is 36.4 Å². The third kappa shape index (κ3) is 3.13. The highest BCUT2D eigenvalue weighted by atomic mass is 16.5. The molecule has 0 spiro atoms. The number of phenolic OH excluding ortho intramolecular Hbond substituents is 1. The van der Waals surface area contributed by atoms with Gasteiger partial charge in [0, 0.05) is 0 Å². The van der Waals surface area contributed by atoms with Crippen LogP contribution < -0.4 is 0 Å². The number of carbonyl (C=O) groups excluding carboxylic acids is 1. The molecule has 1 N–H and O–H groups in total. The Morgan fingerprint density at radius 1 is 1.33 bits per heavy atom. The topological polar surface area (TPSA) is 46.5 Å². The molecule has 3 heteroatoms. The molecular weight excluding hydrogens is 192 g/mol. The molecule has 0 saturated carbocycles. The summed E-state index contributed by atoms with van der Waals surface area (Å²) in [6.07, 6.45) is -0.161. The molecule has 1 aromatic carbocycles. The first-order valence-corrected chi connectivity index (χ1v) is 4.70. The molecule has 0 unspecified atom stereocenters. The van der Waals surface area contributed by atoms with Gasteiger partial charge in [0.1, 0.15) is 5.75 Å². The van der Waals surface area contributed by atoms with Gasteiger partial charge in [0.25, 0.3) is 0 Å². The van der Waals surface area contributed by atoms with Crippen LogP contribution in [0.4, 0.5) is 0 Å². The predicted octanol–water partition coefficient (Wildman–Crippen LogP) is 2.36. The molecule has 0 aliphatic carbocycles. The summed E-state index contributed by atoms with van der Waals surface area (Å²) in [4.78, 5) is 11.5. The fourth-order valence-electron chi connectivity index (χ4n) is 1.07. The second-order valence-corrected chi connectivity index (χ2v) is 3.48. The number of carbonyl (C=O) groups is 1. The molecule has 0 fully saturated rings. The highest BCUT2D eigenvalue weighted by Crippen LogP contribution is 2.17. The molecule has 0 radical (unpaired) electrons. The van der Waals surface area contributed by atoms with Crippen LogP contribution in [0.15, 0.2) is 30.8 Å². The fraction of sp³-hybridized carbons (Fsp3) is 0.250. The summed E-state index contributed by atoms with van der Waals surface area (Å²) in [6.45, 7) is 7.21. The summed E-state index contributed by atoms with van der Waals surface area (Å²) >= 11 is 0. The summed E-state index contributed by atoms with van der Waals surface area (Å²) in [5, 5.41) is 9.08. The molecule has 0 saturated heterocycles. The molecule has 1 aromatic rings. The van der Waals surface area contributed by atoms with Gasteiger partial charge in [0.15, 0.2) is 0 Å². The number of benzene rings is 1. The zero-order chi connectivity index (χ0) is 11.4. The number of rotatable bonds is 3. The van der Waals surface area contributed by atoms with Gasteiger partial charge in [-0.05, 0) is 31.5 Å². The molecule has 0 aliphatic rings. The lowest BCUT2D eigenvalue weighted by Crippen LogP contribution is -2.12. The van der Waals surface area contributed by atoms with Crippen LogP contribution in [-0.2, 0) is 9.53 Å². The van der Waals surface area contributed by atoms with E-state index in [1.54, 1.807) is 26.0 Å². The van der Waals surface area contributed by atoms with Crippen molar-refractivity contribution < 1.29 is 14.6 Å². The van der Waals surface area contributed by atoms with Crippen molar-refractivity contribution in [1.29, 1.82) is 0 Å². The first kappa shape index (κ1) is 11.3. The van der Waals surface area contributed by atoms with E-state index in [1.165, 1.54) is 12.1 Å². The molecule has 0 amide bonds. The van der Waals surface area contributed by atoms with Gasteiger partial charge >= 0.3 is 5.97 Å². The molecule has 3 nitrogen and oxygen atoms in total. The lowest BCUT2D eigenvalue weighted by atomic mass is 10.1. The Hall–Kier alpha value is -1.77. The molecule has 0 atom stereocenters. The molecule has 0 bridgehead atoms. The third-order valence-electron chi connectivity index (χ3n) is 1.80. The van der Waals surface area contributed by atoms with Gasteiger partial charge in [-0.2, -0.15) is 0 Å². The van der Waals surface area contributed by atoms with E-state index in [1.807, 2.05) is 0 Å².